The molecular weight excluding hydrogens is 288 g/mol. The molecule has 1 heterocycles. The lowest BCUT2D eigenvalue weighted by Gasteiger charge is -2.10. The smallest absolute Gasteiger partial charge is 0.128 e. The van der Waals surface area contributed by atoms with Crippen molar-refractivity contribution in [3.05, 3.63) is 71.9 Å². The van der Waals surface area contributed by atoms with Gasteiger partial charge in [0.05, 0.1) is 24.6 Å². The number of hydrogen-bond donors (Lipinski definition) is 2. The highest BCUT2D eigenvalue weighted by atomic mass is 16.5. The van der Waals surface area contributed by atoms with Gasteiger partial charge in [0.15, 0.2) is 0 Å². The average Bonchev–Trinajstić information content (AvgIpc) is 3.09. The van der Waals surface area contributed by atoms with E-state index in [4.69, 9.17) is 9.84 Å². The molecule has 2 aromatic carbocycles. The molecular formula is C19H20N2O2. The summed E-state index contributed by atoms with van der Waals surface area (Å²) < 4.78 is 5.94. The number of aliphatic hydroxyl groups excluding tert-OH is 1. The monoisotopic (exact) mass is 308 g/mol. The van der Waals surface area contributed by atoms with E-state index in [2.05, 4.69) is 34.5 Å². The van der Waals surface area contributed by atoms with E-state index in [1.807, 2.05) is 36.4 Å². The molecule has 0 spiro atoms. The van der Waals surface area contributed by atoms with E-state index in [1.54, 1.807) is 0 Å². The highest BCUT2D eigenvalue weighted by Gasteiger charge is 2.09. The number of para-hydroxylation sites is 1. The van der Waals surface area contributed by atoms with Crippen LogP contribution in [0, 0.1) is 0 Å². The number of hydrogen-bond acceptors (Lipinski definition) is 3. The van der Waals surface area contributed by atoms with Crippen LogP contribution in [0.25, 0.3) is 11.3 Å². The van der Waals surface area contributed by atoms with Crippen molar-refractivity contribution in [2.24, 2.45) is 0 Å². The molecule has 0 bridgehead atoms. The van der Waals surface area contributed by atoms with Crippen molar-refractivity contribution in [3.63, 3.8) is 0 Å². The molecule has 2 N–H and O–H groups in total. The first kappa shape index (κ1) is 15.3. The molecule has 1 aromatic heterocycles. The summed E-state index contributed by atoms with van der Waals surface area (Å²) >= 11 is 0. The topological polar surface area (TPSA) is 58.1 Å². The van der Waals surface area contributed by atoms with Gasteiger partial charge < -0.3 is 9.84 Å². The third-order valence-corrected chi connectivity index (χ3v) is 3.67. The lowest BCUT2D eigenvalue weighted by Crippen LogP contribution is -2.00. The second kappa shape index (κ2) is 7.61. The van der Waals surface area contributed by atoms with E-state index in [9.17, 15) is 0 Å². The van der Waals surface area contributed by atoms with Gasteiger partial charge in [-0.1, -0.05) is 42.5 Å². The molecule has 0 aliphatic carbocycles. The number of aryl methyl sites for hydroxylation is 1. The van der Waals surface area contributed by atoms with Gasteiger partial charge in [0, 0.05) is 5.56 Å². The minimum absolute atomic E-state index is 0.0485. The fourth-order valence-corrected chi connectivity index (χ4v) is 2.49. The van der Waals surface area contributed by atoms with Crippen molar-refractivity contribution in [1.29, 1.82) is 0 Å². The largest absolute Gasteiger partial charge is 0.493 e. The van der Waals surface area contributed by atoms with Crippen LogP contribution < -0.4 is 4.74 Å². The highest BCUT2D eigenvalue weighted by molar-refractivity contribution is 5.67. The maximum absolute atomic E-state index is 9.15. The number of aromatic nitrogens is 2. The van der Waals surface area contributed by atoms with E-state index < -0.39 is 0 Å². The fraction of sp³-hybridized carbons (Fsp3) is 0.211. The SMILES string of the molecule is OCc1cc(-c2ccccc2OCCCc2ccccc2)n[nH]1. The second-order valence-corrected chi connectivity index (χ2v) is 5.37. The molecule has 0 amide bonds. The lowest BCUT2D eigenvalue weighted by molar-refractivity contribution is 0.276. The van der Waals surface area contributed by atoms with Crippen LogP contribution in [0.5, 0.6) is 5.75 Å². The summed E-state index contributed by atoms with van der Waals surface area (Å²) in [5, 5.41) is 16.2. The first-order valence-corrected chi connectivity index (χ1v) is 7.78. The summed E-state index contributed by atoms with van der Waals surface area (Å²) in [6.07, 6.45) is 1.96. The number of aromatic amines is 1. The number of ether oxygens (including phenoxy) is 1. The van der Waals surface area contributed by atoms with Crippen LogP contribution in [0.3, 0.4) is 0 Å². The zero-order valence-electron chi connectivity index (χ0n) is 12.9. The van der Waals surface area contributed by atoms with Gasteiger partial charge in [0.25, 0.3) is 0 Å². The van der Waals surface area contributed by atoms with Crippen LogP contribution in [0.15, 0.2) is 60.7 Å². The van der Waals surface area contributed by atoms with Gasteiger partial charge in [-0.05, 0) is 36.6 Å². The second-order valence-electron chi connectivity index (χ2n) is 5.37. The van der Waals surface area contributed by atoms with Gasteiger partial charge in [-0.15, -0.1) is 0 Å². The van der Waals surface area contributed by atoms with Crippen LogP contribution in [0.1, 0.15) is 17.7 Å². The Balaban J connectivity index is 1.62. The molecule has 0 saturated heterocycles. The van der Waals surface area contributed by atoms with Gasteiger partial charge in [-0.2, -0.15) is 5.10 Å². The summed E-state index contributed by atoms with van der Waals surface area (Å²) in [7, 11) is 0. The van der Waals surface area contributed by atoms with Crippen molar-refractivity contribution in [2.45, 2.75) is 19.4 Å². The maximum atomic E-state index is 9.15. The van der Waals surface area contributed by atoms with E-state index in [0.717, 1.165) is 29.8 Å². The van der Waals surface area contributed by atoms with E-state index in [1.165, 1.54) is 5.56 Å². The molecule has 0 fully saturated rings. The number of nitrogens with zero attached hydrogens (tertiary/aromatic N) is 1. The quantitative estimate of drug-likeness (QED) is 0.656. The molecule has 3 aromatic rings. The number of aliphatic hydroxyl groups is 1. The van der Waals surface area contributed by atoms with Crippen molar-refractivity contribution >= 4 is 0 Å². The molecule has 0 unspecified atom stereocenters. The first-order chi connectivity index (χ1) is 11.4. The predicted octanol–water partition coefficient (Wildman–Crippen LogP) is 3.58. The molecule has 118 valence electrons. The van der Waals surface area contributed by atoms with Gasteiger partial charge >= 0.3 is 0 Å². The van der Waals surface area contributed by atoms with Gasteiger partial charge in [-0.3, -0.25) is 5.10 Å². The molecule has 0 atom stereocenters. The highest BCUT2D eigenvalue weighted by Crippen LogP contribution is 2.28. The molecule has 23 heavy (non-hydrogen) atoms. The molecule has 4 nitrogen and oxygen atoms in total. The molecule has 0 aliphatic rings. The Bertz CT molecular complexity index is 738. The third-order valence-electron chi connectivity index (χ3n) is 3.67. The molecule has 3 rings (SSSR count). The first-order valence-electron chi connectivity index (χ1n) is 7.78. The van der Waals surface area contributed by atoms with E-state index in [0.29, 0.717) is 12.3 Å². The molecule has 0 saturated carbocycles. The van der Waals surface area contributed by atoms with Crippen LogP contribution >= 0.6 is 0 Å². The van der Waals surface area contributed by atoms with E-state index >= 15 is 0 Å². The van der Waals surface area contributed by atoms with Gasteiger partial charge in [-0.25, -0.2) is 0 Å². The standard InChI is InChI=1S/C19H20N2O2/c22-14-16-13-18(21-20-16)17-10-4-5-11-19(17)23-12-6-9-15-7-2-1-3-8-15/h1-5,7-8,10-11,13,22H,6,9,12,14H2,(H,20,21). The predicted molar refractivity (Wildman–Crippen MR) is 90.2 cm³/mol. The van der Waals surface area contributed by atoms with Crippen molar-refractivity contribution in [2.75, 3.05) is 6.61 Å². The maximum Gasteiger partial charge on any atom is 0.128 e. The van der Waals surface area contributed by atoms with Gasteiger partial charge in [0.2, 0.25) is 0 Å². The van der Waals surface area contributed by atoms with Crippen molar-refractivity contribution in [1.82, 2.24) is 10.2 Å². The fourth-order valence-electron chi connectivity index (χ4n) is 2.49. The number of benzene rings is 2. The van der Waals surface area contributed by atoms with Crippen LogP contribution in [-0.4, -0.2) is 21.9 Å². The van der Waals surface area contributed by atoms with Crippen LogP contribution in [0.4, 0.5) is 0 Å². The Morgan fingerprint density at radius 1 is 1.00 bits per heavy atom. The minimum Gasteiger partial charge on any atom is -0.493 e. The van der Waals surface area contributed by atoms with Gasteiger partial charge in [0.1, 0.15) is 5.75 Å². The summed E-state index contributed by atoms with van der Waals surface area (Å²) in [5.74, 6) is 0.816. The summed E-state index contributed by atoms with van der Waals surface area (Å²) in [6, 6.07) is 20.1. The Hall–Kier alpha value is -2.59. The lowest BCUT2D eigenvalue weighted by atomic mass is 10.1. The molecule has 0 aliphatic heterocycles. The third kappa shape index (κ3) is 3.99. The van der Waals surface area contributed by atoms with E-state index in [-0.39, 0.29) is 6.61 Å². The Morgan fingerprint density at radius 3 is 2.57 bits per heavy atom. The average molecular weight is 308 g/mol. The zero-order chi connectivity index (χ0) is 15.9. The summed E-state index contributed by atoms with van der Waals surface area (Å²) in [4.78, 5) is 0. The minimum atomic E-state index is -0.0485. The normalized spacial score (nSPS) is 10.7. The molecule has 4 heteroatoms. The van der Waals surface area contributed by atoms with Crippen LogP contribution in [-0.2, 0) is 13.0 Å². The van der Waals surface area contributed by atoms with Crippen molar-refractivity contribution < 1.29 is 9.84 Å². The zero-order valence-corrected chi connectivity index (χ0v) is 12.9. The Labute approximate surface area is 135 Å². The van der Waals surface area contributed by atoms with Crippen molar-refractivity contribution in [3.8, 4) is 17.0 Å². The van der Waals surface area contributed by atoms with Crippen LogP contribution in [0.2, 0.25) is 0 Å². The summed E-state index contributed by atoms with van der Waals surface area (Å²) in [6.45, 7) is 0.607. The molecule has 0 radical (unpaired) electrons. The number of H-pyrrole nitrogens is 1. The Morgan fingerprint density at radius 2 is 1.78 bits per heavy atom. The Kier molecular flexibility index (Phi) is 5.06. The number of rotatable bonds is 7. The number of nitrogens with one attached hydrogen (secondary N) is 1. The summed E-state index contributed by atoms with van der Waals surface area (Å²) in [5.41, 5.74) is 3.74.